The molecule has 2 aromatic rings. The number of hydrogen-bond donors (Lipinski definition) is 1. The molecule has 0 amide bonds. The molecule has 0 unspecified atom stereocenters. The monoisotopic (exact) mass is 288 g/mol. The van der Waals surface area contributed by atoms with Gasteiger partial charge < -0.3 is 5.73 Å². The molecule has 0 radical (unpaired) electrons. The first-order valence-electron chi connectivity index (χ1n) is 5.78. The van der Waals surface area contributed by atoms with Gasteiger partial charge in [0.25, 0.3) is 0 Å². The summed E-state index contributed by atoms with van der Waals surface area (Å²) in [7, 11) is 0. The molecule has 2 nitrogen and oxygen atoms in total. The molecule has 0 bridgehead atoms. The van der Waals surface area contributed by atoms with Crippen LogP contribution in [0.1, 0.15) is 16.7 Å². The summed E-state index contributed by atoms with van der Waals surface area (Å²) in [5, 5.41) is 9.52. The van der Waals surface area contributed by atoms with Gasteiger partial charge in [0, 0.05) is 16.3 Å². The minimum Gasteiger partial charge on any atom is -0.398 e. The molecule has 0 aliphatic carbocycles. The molecule has 2 aromatic carbocycles. The van der Waals surface area contributed by atoms with Crippen molar-refractivity contribution in [3.05, 3.63) is 58.1 Å². The van der Waals surface area contributed by atoms with Crippen molar-refractivity contribution in [2.24, 2.45) is 0 Å². The van der Waals surface area contributed by atoms with Crippen LogP contribution in [0.4, 0.5) is 5.69 Å². The highest BCUT2D eigenvalue weighted by Crippen LogP contribution is 2.34. The fourth-order valence-corrected chi connectivity index (χ4v) is 3.16. The van der Waals surface area contributed by atoms with Crippen LogP contribution in [0.25, 0.3) is 0 Å². The third-order valence-electron chi connectivity index (χ3n) is 2.84. The fourth-order valence-electron chi connectivity index (χ4n) is 1.76. The van der Waals surface area contributed by atoms with Crippen molar-refractivity contribution in [2.45, 2.75) is 17.6 Å². The SMILES string of the molecule is Cc1cc(C#N)ccc1CSc1c(N)cccc1Cl. The zero-order chi connectivity index (χ0) is 13.8. The molecule has 0 aromatic heterocycles. The van der Waals surface area contributed by atoms with Gasteiger partial charge in [0.15, 0.2) is 0 Å². The van der Waals surface area contributed by atoms with Crippen LogP contribution in [0.2, 0.25) is 5.02 Å². The van der Waals surface area contributed by atoms with E-state index in [4.69, 9.17) is 22.6 Å². The standard InChI is InChI=1S/C15H13ClN2S/c1-10-7-11(8-17)5-6-12(10)9-19-15-13(16)3-2-4-14(15)18/h2-7H,9,18H2,1H3. The zero-order valence-electron chi connectivity index (χ0n) is 10.5. The van der Waals surface area contributed by atoms with Gasteiger partial charge in [-0.05, 0) is 42.3 Å². The molecule has 0 saturated carbocycles. The summed E-state index contributed by atoms with van der Waals surface area (Å²) in [6.07, 6.45) is 0. The first-order chi connectivity index (χ1) is 9.11. The maximum atomic E-state index is 8.84. The van der Waals surface area contributed by atoms with Gasteiger partial charge >= 0.3 is 0 Å². The summed E-state index contributed by atoms with van der Waals surface area (Å²) in [6, 6.07) is 13.4. The minimum atomic E-state index is 0.677. The molecular formula is C15H13ClN2S. The first-order valence-corrected chi connectivity index (χ1v) is 7.14. The molecule has 19 heavy (non-hydrogen) atoms. The van der Waals surface area contributed by atoms with Crippen LogP contribution in [-0.2, 0) is 5.75 Å². The second kappa shape index (κ2) is 6.01. The second-order valence-corrected chi connectivity index (χ2v) is 5.59. The Balaban J connectivity index is 2.17. The highest BCUT2D eigenvalue weighted by atomic mass is 35.5. The zero-order valence-corrected chi connectivity index (χ0v) is 12.1. The van der Waals surface area contributed by atoms with Gasteiger partial charge in [0.2, 0.25) is 0 Å². The highest BCUT2D eigenvalue weighted by Gasteiger charge is 2.07. The highest BCUT2D eigenvalue weighted by molar-refractivity contribution is 7.98. The number of nitriles is 1. The summed E-state index contributed by atoms with van der Waals surface area (Å²) in [5.74, 6) is 0.783. The van der Waals surface area contributed by atoms with Crippen molar-refractivity contribution < 1.29 is 0 Å². The lowest BCUT2D eigenvalue weighted by atomic mass is 10.1. The molecule has 96 valence electrons. The van der Waals surface area contributed by atoms with E-state index in [-0.39, 0.29) is 0 Å². The number of benzene rings is 2. The van der Waals surface area contributed by atoms with Gasteiger partial charge in [-0.2, -0.15) is 5.26 Å². The van der Waals surface area contributed by atoms with E-state index in [1.54, 1.807) is 11.8 Å². The van der Waals surface area contributed by atoms with Crippen molar-refractivity contribution >= 4 is 29.1 Å². The molecule has 0 aliphatic rings. The Morgan fingerprint density at radius 2 is 2.11 bits per heavy atom. The average molecular weight is 289 g/mol. The summed E-state index contributed by atoms with van der Waals surface area (Å²) in [6.45, 7) is 2.01. The Hall–Kier alpha value is -1.63. The van der Waals surface area contributed by atoms with E-state index in [0.717, 1.165) is 16.2 Å². The molecular weight excluding hydrogens is 276 g/mol. The maximum Gasteiger partial charge on any atom is 0.0991 e. The molecule has 4 heteroatoms. The third-order valence-corrected chi connectivity index (χ3v) is 4.47. The second-order valence-electron chi connectivity index (χ2n) is 4.20. The number of anilines is 1. The van der Waals surface area contributed by atoms with Crippen LogP contribution < -0.4 is 5.73 Å². The van der Waals surface area contributed by atoms with Crippen molar-refractivity contribution in [2.75, 3.05) is 5.73 Å². The summed E-state index contributed by atoms with van der Waals surface area (Å²) in [4.78, 5) is 0.910. The predicted molar refractivity (Wildman–Crippen MR) is 81.3 cm³/mol. The lowest BCUT2D eigenvalue weighted by molar-refractivity contribution is 1.29. The Morgan fingerprint density at radius 1 is 1.32 bits per heavy atom. The van der Waals surface area contributed by atoms with Crippen LogP contribution in [0.15, 0.2) is 41.3 Å². The van der Waals surface area contributed by atoms with E-state index in [1.807, 2.05) is 43.3 Å². The van der Waals surface area contributed by atoms with E-state index in [2.05, 4.69) is 6.07 Å². The van der Waals surface area contributed by atoms with Gasteiger partial charge in [0.05, 0.1) is 16.7 Å². The summed E-state index contributed by atoms with van der Waals surface area (Å²) >= 11 is 7.75. The average Bonchev–Trinajstić information content (AvgIpc) is 2.39. The summed E-state index contributed by atoms with van der Waals surface area (Å²) in [5.41, 5.74) is 9.59. The first kappa shape index (κ1) is 13.8. The Labute approximate surface area is 122 Å². The van der Waals surface area contributed by atoms with Crippen molar-refractivity contribution in [1.29, 1.82) is 5.26 Å². The number of thioether (sulfide) groups is 1. The topological polar surface area (TPSA) is 49.8 Å². The molecule has 0 spiro atoms. The molecule has 0 heterocycles. The largest absolute Gasteiger partial charge is 0.398 e. The number of halogens is 1. The molecule has 2 N–H and O–H groups in total. The quantitative estimate of drug-likeness (QED) is 0.673. The van der Waals surface area contributed by atoms with E-state index in [9.17, 15) is 0 Å². The number of nitrogen functional groups attached to an aromatic ring is 1. The molecule has 0 aliphatic heterocycles. The number of nitrogens with two attached hydrogens (primary N) is 1. The van der Waals surface area contributed by atoms with E-state index < -0.39 is 0 Å². The third kappa shape index (κ3) is 3.23. The Morgan fingerprint density at radius 3 is 2.74 bits per heavy atom. The minimum absolute atomic E-state index is 0.677. The van der Waals surface area contributed by atoms with Crippen LogP contribution >= 0.6 is 23.4 Å². The van der Waals surface area contributed by atoms with Crippen molar-refractivity contribution in [3.8, 4) is 6.07 Å². The Bertz CT molecular complexity index is 627. The van der Waals surface area contributed by atoms with Crippen LogP contribution in [-0.4, -0.2) is 0 Å². The van der Waals surface area contributed by atoms with Crippen molar-refractivity contribution in [3.63, 3.8) is 0 Å². The number of nitrogens with zero attached hydrogens (tertiary/aromatic N) is 1. The van der Waals surface area contributed by atoms with Gasteiger partial charge in [-0.1, -0.05) is 23.7 Å². The lowest BCUT2D eigenvalue weighted by Gasteiger charge is -2.09. The Kier molecular flexibility index (Phi) is 4.36. The van der Waals surface area contributed by atoms with E-state index >= 15 is 0 Å². The van der Waals surface area contributed by atoms with Gasteiger partial charge in [-0.25, -0.2) is 0 Å². The number of aryl methyl sites for hydroxylation is 1. The summed E-state index contributed by atoms with van der Waals surface area (Å²) < 4.78 is 0. The van der Waals surface area contributed by atoms with E-state index in [0.29, 0.717) is 16.3 Å². The smallest absolute Gasteiger partial charge is 0.0991 e. The predicted octanol–water partition coefficient (Wildman–Crippen LogP) is 4.39. The van der Waals surface area contributed by atoms with Crippen LogP contribution in [0.5, 0.6) is 0 Å². The normalized spacial score (nSPS) is 10.2. The number of hydrogen-bond acceptors (Lipinski definition) is 3. The fraction of sp³-hybridized carbons (Fsp3) is 0.133. The molecule has 0 atom stereocenters. The number of rotatable bonds is 3. The van der Waals surface area contributed by atoms with Gasteiger partial charge in [0.1, 0.15) is 0 Å². The molecule has 0 saturated heterocycles. The lowest BCUT2D eigenvalue weighted by Crippen LogP contribution is -1.91. The molecule has 0 fully saturated rings. The maximum absolute atomic E-state index is 8.84. The van der Waals surface area contributed by atoms with Crippen LogP contribution in [0.3, 0.4) is 0 Å². The van der Waals surface area contributed by atoms with E-state index in [1.165, 1.54) is 5.56 Å². The van der Waals surface area contributed by atoms with Crippen LogP contribution in [0, 0.1) is 18.3 Å². The van der Waals surface area contributed by atoms with Gasteiger partial charge in [-0.15, -0.1) is 11.8 Å². The van der Waals surface area contributed by atoms with Gasteiger partial charge in [-0.3, -0.25) is 0 Å². The molecule has 2 rings (SSSR count). The van der Waals surface area contributed by atoms with Crippen molar-refractivity contribution in [1.82, 2.24) is 0 Å².